The van der Waals surface area contributed by atoms with Crippen molar-refractivity contribution in [2.45, 2.75) is 109 Å². The molecular formula is C28H52O5Si2. The minimum Gasteiger partial charge on any atom is -0.412 e. The normalized spacial score (nSPS) is 15.6. The summed E-state index contributed by atoms with van der Waals surface area (Å²) in [5.41, 5.74) is 2.00. The molecule has 7 heteroatoms. The van der Waals surface area contributed by atoms with Gasteiger partial charge in [-0.2, -0.15) is 0 Å². The van der Waals surface area contributed by atoms with Crippen LogP contribution in [0.4, 0.5) is 0 Å². The first-order valence-electron chi connectivity index (χ1n) is 12.9. The van der Waals surface area contributed by atoms with Gasteiger partial charge in [0.15, 0.2) is 8.32 Å². The van der Waals surface area contributed by atoms with Crippen molar-refractivity contribution >= 4 is 16.4 Å². The van der Waals surface area contributed by atoms with E-state index in [0.717, 1.165) is 17.2 Å². The third-order valence-corrected chi connectivity index (χ3v) is 12.9. The fraction of sp³-hybridized carbons (Fsp3) is 0.714. The van der Waals surface area contributed by atoms with Gasteiger partial charge in [0.1, 0.15) is 6.79 Å². The van der Waals surface area contributed by atoms with Crippen LogP contribution in [0.5, 0.6) is 0 Å². The van der Waals surface area contributed by atoms with Crippen LogP contribution in [0.25, 0.3) is 0 Å². The first kappa shape index (κ1) is 32.2. The molecule has 5 nitrogen and oxygen atoms in total. The Balaban J connectivity index is 2.62. The molecule has 0 saturated carbocycles. The predicted molar refractivity (Wildman–Crippen MR) is 152 cm³/mol. The lowest BCUT2D eigenvalue weighted by Crippen LogP contribution is -2.47. The van der Waals surface area contributed by atoms with E-state index in [-0.39, 0.29) is 24.0 Å². The van der Waals surface area contributed by atoms with Crippen LogP contribution in [0, 0.1) is 0 Å². The predicted octanol–water partition coefficient (Wildman–Crippen LogP) is 7.01. The van der Waals surface area contributed by atoms with Gasteiger partial charge in [-0.25, -0.2) is 0 Å². The second kappa shape index (κ2) is 14.8. The van der Waals surface area contributed by atoms with Crippen molar-refractivity contribution in [3.8, 4) is 0 Å². The smallest absolute Gasteiger partial charge is 0.192 e. The number of ether oxygens (including phenoxy) is 3. The van der Waals surface area contributed by atoms with Crippen LogP contribution in [-0.4, -0.2) is 59.8 Å². The van der Waals surface area contributed by atoms with Crippen molar-refractivity contribution in [1.82, 2.24) is 0 Å². The van der Waals surface area contributed by atoms with E-state index in [2.05, 4.69) is 67.0 Å². The Morgan fingerprint density at radius 2 is 1.66 bits per heavy atom. The van der Waals surface area contributed by atoms with Gasteiger partial charge in [-0.15, -0.1) is 0 Å². The highest BCUT2D eigenvalue weighted by molar-refractivity contribution is 6.76. The van der Waals surface area contributed by atoms with E-state index in [9.17, 15) is 5.11 Å². The monoisotopic (exact) mass is 524 g/mol. The molecule has 1 aromatic carbocycles. The molecule has 0 aromatic heterocycles. The molecule has 1 N–H and O–H groups in total. The third kappa shape index (κ3) is 13.9. The van der Waals surface area contributed by atoms with E-state index in [1.54, 1.807) is 0 Å². The third-order valence-electron chi connectivity index (χ3n) is 6.62. The number of aliphatic hydroxyl groups is 1. The summed E-state index contributed by atoms with van der Waals surface area (Å²) in [6.07, 6.45) is -0.0546. The summed E-state index contributed by atoms with van der Waals surface area (Å²) >= 11 is 0. The van der Waals surface area contributed by atoms with Gasteiger partial charge in [0, 0.05) is 21.1 Å². The molecule has 35 heavy (non-hydrogen) atoms. The fourth-order valence-corrected chi connectivity index (χ4v) is 5.51. The van der Waals surface area contributed by atoms with Gasteiger partial charge in [0.25, 0.3) is 0 Å². The molecule has 202 valence electrons. The average Bonchev–Trinajstić information content (AvgIpc) is 2.71. The minimum absolute atomic E-state index is 0.0998. The molecule has 1 rings (SSSR count). The molecule has 0 bridgehead atoms. The molecule has 0 saturated heterocycles. The van der Waals surface area contributed by atoms with Crippen molar-refractivity contribution in [2.75, 3.05) is 20.0 Å². The summed E-state index contributed by atoms with van der Waals surface area (Å²) < 4.78 is 24.3. The highest BCUT2D eigenvalue weighted by atomic mass is 28.4. The lowest BCUT2D eigenvalue weighted by molar-refractivity contribution is -0.126. The van der Waals surface area contributed by atoms with Crippen LogP contribution in [0.15, 0.2) is 42.5 Å². The Kier molecular flexibility index (Phi) is 13.6. The van der Waals surface area contributed by atoms with Gasteiger partial charge < -0.3 is 23.7 Å². The molecule has 0 aliphatic carbocycles. The Morgan fingerprint density at radius 3 is 2.23 bits per heavy atom. The summed E-state index contributed by atoms with van der Waals surface area (Å²) in [5.74, 6) is 0. The maximum atomic E-state index is 10.8. The largest absolute Gasteiger partial charge is 0.412 e. The number of hydrogen-bond acceptors (Lipinski definition) is 5. The molecule has 0 aliphatic heterocycles. The molecule has 0 spiro atoms. The molecule has 0 aliphatic rings. The number of benzene rings is 1. The minimum atomic E-state index is -1.98. The second-order valence-electron chi connectivity index (χ2n) is 12.4. The molecule has 0 heterocycles. The van der Waals surface area contributed by atoms with Gasteiger partial charge in [0.2, 0.25) is 0 Å². The van der Waals surface area contributed by atoms with Crippen LogP contribution >= 0.6 is 0 Å². The summed E-state index contributed by atoms with van der Waals surface area (Å²) in [7, 11) is -3.13. The van der Waals surface area contributed by atoms with Crippen LogP contribution in [0.2, 0.25) is 43.8 Å². The zero-order valence-electron chi connectivity index (χ0n) is 23.9. The van der Waals surface area contributed by atoms with Crippen LogP contribution in [0.1, 0.15) is 46.1 Å². The van der Waals surface area contributed by atoms with Crippen LogP contribution < -0.4 is 0 Å². The summed E-state index contributed by atoms with van der Waals surface area (Å²) in [6, 6.07) is 11.2. The highest BCUT2D eigenvalue weighted by Crippen LogP contribution is 2.38. The molecular weight excluding hydrogens is 472 g/mol. The topological polar surface area (TPSA) is 57.2 Å². The molecule has 0 fully saturated rings. The van der Waals surface area contributed by atoms with Gasteiger partial charge in [0.05, 0.1) is 31.5 Å². The summed E-state index contributed by atoms with van der Waals surface area (Å²) in [4.78, 5) is 0. The lowest BCUT2D eigenvalue weighted by atomic mass is 10.0. The van der Waals surface area contributed by atoms with E-state index in [1.807, 2.05) is 30.3 Å². The summed E-state index contributed by atoms with van der Waals surface area (Å²) in [6.45, 7) is 26.2. The van der Waals surface area contributed by atoms with Crippen molar-refractivity contribution in [3.63, 3.8) is 0 Å². The van der Waals surface area contributed by atoms with Crippen LogP contribution in [-0.2, 0) is 25.2 Å². The van der Waals surface area contributed by atoms with Crippen molar-refractivity contribution < 1.29 is 23.7 Å². The maximum Gasteiger partial charge on any atom is 0.192 e. The SMILES string of the molecule is C=C(COCc1ccccc1)C[C@@H](O)C[C@@H](OCOCC[Si](C)(C)C)[C@@H](C)O[Si](C)(C)C(C)(C)C. The van der Waals surface area contributed by atoms with Crippen molar-refractivity contribution in [2.24, 2.45) is 0 Å². The van der Waals surface area contributed by atoms with Gasteiger partial charge in [-0.3, -0.25) is 0 Å². The lowest BCUT2D eigenvalue weighted by Gasteiger charge is -2.40. The van der Waals surface area contributed by atoms with E-state index in [4.69, 9.17) is 18.6 Å². The van der Waals surface area contributed by atoms with Gasteiger partial charge in [-0.1, -0.05) is 77.3 Å². The van der Waals surface area contributed by atoms with Crippen molar-refractivity contribution in [1.29, 1.82) is 0 Å². The van der Waals surface area contributed by atoms with E-state index < -0.39 is 22.5 Å². The van der Waals surface area contributed by atoms with Gasteiger partial charge in [-0.05, 0) is 48.7 Å². The summed E-state index contributed by atoms with van der Waals surface area (Å²) in [5, 5.41) is 10.9. The van der Waals surface area contributed by atoms with Crippen molar-refractivity contribution in [3.05, 3.63) is 48.0 Å². The Bertz CT molecular complexity index is 725. The fourth-order valence-electron chi connectivity index (χ4n) is 3.32. The van der Waals surface area contributed by atoms with E-state index >= 15 is 0 Å². The molecule has 1 aromatic rings. The van der Waals surface area contributed by atoms with E-state index in [1.165, 1.54) is 0 Å². The van der Waals surface area contributed by atoms with E-state index in [0.29, 0.717) is 32.7 Å². The first-order chi connectivity index (χ1) is 16.1. The molecule has 0 amide bonds. The number of hydrogen-bond donors (Lipinski definition) is 1. The quantitative estimate of drug-likeness (QED) is 0.103. The second-order valence-corrected chi connectivity index (χ2v) is 22.8. The molecule has 0 radical (unpaired) electrons. The average molecular weight is 525 g/mol. The Hall–Kier alpha value is -0.806. The number of rotatable bonds is 17. The molecule has 3 atom stereocenters. The molecule has 0 unspecified atom stereocenters. The van der Waals surface area contributed by atoms with Gasteiger partial charge >= 0.3 is 0 Å². The zero-order valence-corrected chi connectivity index (χ0v) is 25.9. The van der Waals surface area contributed by atoms with Crippen LogP contribution in [0.3, 0.4) is 0 Å². The zero-order chi connectivity index (χ0) is 26.7. The standard InChI is InChI=1S/C28H52O5Si2/c1-23(20-31-21-25-14-12-11-13-15-25)18-26(29)19-27(32-22-30-16-17-34(6,7)8)24(2)33-35(9,10)28(3,4)5/h11-15,24,26-27,29H,1,16-22H2,2-10H3/t24-,26-,27-/m1/s1. The first-order valence-corrected chi connectivity index (χ1v) is 19.6. The Labute approximate surface area is 217 Å². The maximum absolute atomic E-state index is 10.8. The Morgan fingerprint density at radius 1 is 1.03 bits per heavy atom. The number of aliphatic hydroxyl groups excluding tert-OH is 1. The highest BCUT2D eigenvalue weighted by Gasteiger charge is 2.40.